The lowest BCUT2D eigenvalue weighted by Crippen LogP contribution is -1.94. The minimum Gasteiger partial charge on any atom is -0.220 e. The zero-order chi connectivity index (χ0) is 11.0. The highest BCUT2D eigenvalue weighted by molar-refractivity contribution is 7.13. The average molecular weight is 230 g/mol. The van der Waals surface area contributed by atoms with Gasteiger partial charge in [-0.15, -0.1) is 16.4 Å². The van der Waals surface area contributed by atoms with Gasteiger partial charge in [0.1, 0.15) is 0 Å². The molecule has 3 aromatic rings. The molecule has 0 aliphatic heterocycles. The number of rotatable bonds is 2. The van der Waals surface area contributed by atoms with Crippen LogP contribution in [0.25, 0.3) is 16.3 Å². The van der Waals surface area contributed by atoms with Gasteiger partial charge in [0.25, 0.3) is 5.78 Å². The third-order valence-corrected chi connectivity index (χ3v) is 3.27. The molecule has 0 N–H and O–H groups in total. The lowest BCUT2D eigenvalue weighted by Gasteiger charge is -1.98. The van der Waals surface area contributed by atoms with Gasteiger partial charge in [0, 0.05) is 12.6 Å². The minimum atomic E-state index is 0.669. The van der Waals surface area contributed by atoms with Crippen molar-refractivity contribution in [2.75, 3.05) is 0 Å². The monoisotopic (exact) mass is 230 g/mol. The van der Waals surface area contributed by atoms with Gasteiger partial charge in [-0.25, -0.2) is 4.98 Å². The van der Waals surface area contributed by atoms with Crippen LogP contribution < -0.4 is 0 Å². The Labute approximate surface area is 96.6 Å². The summed E-state index contributed by atoms with van der Waals surface area (Å²) in [6.45, 7) is 2.04. The van der Waals surface area contributed by atoms with Crippen molar-refractivity contribution in [1.82, 2.24) is 19.6 Å². The quantitative estimate of drug-likeness (QED) is 0.679. The molecule has 0 spiro atoms. The van der Waals surface area contributed by atoms with E-state index in [1.165, 1.54) is 4.88 Å². The molecule has 0 aliphatic rings. The Balaban J connectivity index is 2.28. The van der Waals surface area contributed by atoms with Crippen LogP contribution in [-0.2, 0) is 6.42 Å². The lowest BCUT2D eigenvalue weighted by atomic mass is 10.3. The Morgan fingerprint density at radius 1 is 1.38 bits per heavy atom. The zero-order valence-electron chi connectivity index (χ0n) is 8.79. The topological polar surface area (TPSA) is 43.1 Å². The number of fused-ring (bicyclic) bond motifs is 1. The zero-order valence-corrected chi connectivity index (χ0v) is 9.61. The van der Waals surface area contributed by atoms with Crippen LogP contribution in [0.15, 0.2) is 29.8 Å². The van der Waals surface area contributed by atoms with Gasteiger partial charge in [0.2, 0.25) is 0 Å². The maximum absolute atomic E-state index is 4.44. The Morgan fingerprint density at radius 2 is 2.31 bits per heavy atom. The van der Waals surface area contributed by atoms with Crippen molar-refractivity contribution in [3.05, 3.63) is 35.6 Å². The van der Waals surface area contributed by atoms with E-state index in [9.17, 15) is 0 Å². The first kappa shape index (κ1) is 9.47. The fourth-order valence-corrected chi connectivity index (χ4v) is 2.33. The summed E-state index contributed by atoms with van der Waals surface area (Å²) < 4.78 is 1.81. The molecule has 0 fully saturated rings. The van der Waals surface area contributed by atoms with E-state index in [4.69, 9.17) is 0 Å². The maximum atomic E-state index is 4.44. The molecule has 0 bridgehead atoms. The molecule has 3 rings (SSSR count). The van der Waals surface area contributed by atoms with Crippen molar-refractivity contribution < 1.29 is 0 Å². The molecule has 0 aliphatic carbocycles. The third kappa shape index (κ3) is 1.40. The van der Waals surface area contributed by atoms with E-state index in [2.05, 4.69) is 26.5 Å². The average Bonchev–Trinajstić information content (AvgIpc) is 2.97. The molecule has 0 amide bonds. The summed E-state index contributed by atoms with van der Waals surface area (Å²) in [7, 11) is 0. The molecule has 0 saturated heterocycles. The first-order valence-corrected chi connectivity index (χ1v) is 6.01. The van der Waals surface area contributed by atoms with Crippen molar-refractivity contribution in [2.45, 2.75) is 13.3 Å². The smallest absolute Gasteiger partial charge is 0.220 e. The molecule has 3 heterocycles. The van der Waals surface area contributed by atoms with Gasteiger partial charge in [0.05, 0.1) is 10.6 Å². The number of aromatic nitrogens is 4. The van der Waals surface area contributed by atoms with E-state index in [-0.39, 0.29) is 0 Å². The van der Waals surface area contributed by atoms with Crippen LogP contribution in [0.2, 0.25) is 0 Å². The second-order valence-electron chi connectivity index (χ2n) is 3.40. The van der Waals surface area contributed by atoms with Crippen molar-refractivity contribution >= 4 is 17.1 Å². The van der Waals surface area contributed by atoms with E-state index in [0.717, 1.165) is 17.9 Å². The number of hydrogen-bond donors (Lipinski definition) is 0. The van der Waals surface area contributed by atoms with Crippen molar-refractivity contribution in [2.24, 2.45) is 0 Å². The lowest BCUT2D eigenvalue weighted by molar-refractivity contribution is 0.886. The molecule has 0 unspecified atom stereocenters. The second kappa shape index (κ2) is 3.68. The van der Waals surface area contributed by atoms with Crippen molar-refractivity contribution in [3.63, 3.8) is 0 Å². The van der Waals surface area contributed by atoms with Crippen LogP contribution in [0.1, 0.15) is 12.7 Å². The normalized spacial score (nSPS) is 11.1. The van der Waals surface area contributed by atoms with E-state index in [1.54, 1.807) is 17.5 Å². The van der Waals surface area contributed by atoms with Gasteiger partial charge in [-0.2, -0.15) is 9.50 Å². The predicted octanol–water partition coefficient (Wildman–Crippen LogP) is 2.42. The van der Waals surface area contributed by atoms with Gasteiger partial charge in [-0.3, -0.25) is 0 Å². The molecular weight excluding hydrogens is 220 g/mol. The summed E-state index contributed by atoms with van der Waals surface area (Å²) in [4.78, 5) is 9.74. The molecule has 0 saturated carbocycles. The molecule has 80 valence electrons. The van der Waals surface area contributed by atoms with E-state index in [0.29, 0.717) is 5.78 Å². The SMILES string of the molecule is CCc1nc2nccc(-c3cccs3)n2n1. The Kier molecular flexibility index (Phi) is 2.18. The van der Waals surface area contributed by atoms with Crippen LogP contribution in [0.3, 0.4) is 0 Å². The summed E-state index contributed by atoms with van der Waals surface area (Å²) >= 11 is 1.69. The predicted molar refractivity (Wildman–Crippen MR) is 63.5 cm³/mol. The summed E-state index contributed by atoms with van der Waals surface area (Å²) in [5.41, 5.74) is 1.05. The number of thiophene rings is 1. The molecule has 3 aromatic heterocycles. The van der Waals surface area contributed by atoms with Gasteiger partial charge in [0.15, 0.2) is 5.82 Å². The van der Waals surface area contributed by atoms with E-state index >= 15 is 0 Å². The number of hydrogen-bond acceptors (Lipinski definition) is 4. The molecule has 5 heteroatoms. The fourth-order valence-electron chi connectivity index (χ4n) is 1.60. The van der Waals surface area contributed by atoms with Gasteiger partial charge in [-0.05, 0) is 17.5 Å². The van der Waals surface area contributed by atoms with E-state index in [1.807, 2.05) is 23.6 Å². The maximum Gasteiger partial charge on any atom is 0.252 e. The Hall–Kier alpha value is -1.75. The van der Waals surface area contributed by atoms with Crippen LogP contribution in [0.4, 0.5) is 0 Å². The number of nitrogens with zero attached hydrogens (tertiary/aromatic N) is 4. The van der Waals surface area contributed by atoms with E-state index < -0.39 is 0 Å². The van der Waals surface area contributed by atoms with Crippen molar-refractivity contribution in [1.29, 1.82) is 0 Å². The molecule has 0 aromatic carbocycles. The fraction of sp³-hybridized carbons (Fsp3) is 0.182. The summed E-state index contributed by atoms with van der Waals surface area (Å²) in [5, 5.41) is 6.49. The van der Waals surface area contributed by atoms with Crippen LogP contribution >= 0.6 is 11.3 Å². The van der Waals surface area contributed by atoms with Crippen LogP contribution in [-0.4, -0.2) is 19.6 Å². The molecule has 16 heavy (non-hydrogen) atoms. The van der Waals surface area contributed by atoms with Gasteiger partial charge >= 0.3 is 0 Å². The molecule has 0 radical (unpaired) electrons. The minimum absolute atomic E-state index is 0.669. The number of aryl methyl sites for hydroxylation is 1. The summed E-state index contributed by atoms with van der Waals surface area (Å²) in [6, 6.07) is 6.07. The largest absolute Gasteiger partial charge is 0.252 e. The van der Waals surface area contributed by atoms with Crippen LogP contribution in [0.5, 0.6) is 0 Å². The Bertz CT molecular complexity index is 612. The highest BCUT2D eigenvalue weighted by Crippen LogP contribution is 2.23. The molecular formula is C11H10N4S. The van der Waals surface area contributed by atoms with Crippen molar-refractivity contribution in [3.8, 4) is 10.6 Å². The first-order valence-electron chi connectivity index (χ1n) is 5.13. The highest BCUT2D eigenvalue weighted by Gasteiger charge is 2.08. The molecule has 4 nitrogen and oxygen atoms in total. The third-order valence-electron chi connectivity index (χ3n) is 2.37. The Morgan fingerprint density at radius 3 is 3.06 bits per heavy atom. The first-order chi connectivity index (χ1) is 7.88. The summed E-state index contributed by atoms with van der Waals surface area (Å²) in [6.07, 6.45) is 2.60. The van der Waals surface area contributed by atoms with Gasteiger partial charge < -0.3 is 0 Å². The van der Waals surface area contributed by atoms with Gasteiger partial charge in [-0.1, -0.05) is 13.0 Å². The second-order valence-corrected chi connectivity index (χ2v) is 4.35. The summed E-state index contributed by atoms with van der Waals surface area (Å²) in [5.74, 6) is 1.50. The van der Waals surface area contributed by atoms with Crippen LogP contribution in [0, 0.1) is 0 Å². The highest BCUT2D eigenvalue weighted by atomic mass is 32.1. The molecule has 0 atom stereocenters. The standard InChI is InChI=1S/C11H10N4S/c1-2-10-13-11-12-6-5-8(15(11)14-10)9-4-3-7-16-9/h3-7H,2H2,1H3.